The zero-order valence-electron chi connectivity index (χ0n) is 17.5. The third kappa shape index (κ3) is 7.44. The lowest BCUT2D eigenvalue weighted by molar-refractivity contribution is -0.143. The van der Waals surface area contributed by atoms with Crippen molar-refractivity contribution in [3.05, 3.63) is 64.4 Å². The number of nitrogens with one attached hydrogen (secondary N) is 1. The zero-order valence-corrected chi connectivity index (χ0v) is 19.1. The molecule has 0 saturated heterocycles. The summed E-state index contributed by atoms with van der Waals surface area (Å²) in [5.74, 6) is -0.00459. The Hall–Kier alpha value is -2.41. The normalized spacial score (nSPS) is 11.8. The fourth-order valence-electron chi connectivity index (χ4n) is 2.89. The number of benzene rings is 2. The minimum absolute atomic E-state index is 0.191. The molecule has 162 valence electrons. The highest BCUT2D eigenvalue weighted by molar-refractivity contribution is 9.10. The lowest BCUT2D eigenvalue weighted by atomic mass is 10.1. The zero-order chi connectivity index (χ0) is 22.1. The van der Waals surface area contributed by atoms with Gasteiger partial charge < -0.3 is 15.0 Å². The quantitative estimate of drug-likeness (QED) is 0.544. The van der Waals surface area contributed by atoms with Crippen LogP contribution in [-0.4, -0.2) is 35.9 Å². The van der Waals surface area contributed by atoms with Crippen LogP contribution >= 0.6 is 15.9 Å². The Morgan fingerprint density at radius 2 is 1.73 bits per heavy atom. The summed E-state index contributed by atoms with van der Waals surface area (Å²) in [5, 5.41) is 2.90. The highest BCUT2D eigenvalue weighted by Crippen LogP contribution is 2.17. The van der Waals surface area contributed by atoms with Gasteiger partial charge in [-0.25, -0.2) is 4.39 Å². The highest BCUT2D eigenvalue weighted by Gasteiger charge is 2.29. The molecular formula is C23H28BrFN2O3. The Morgan fingerprint density at radius 3 is 2.30 bits per heavy atom. The van der Waals surface area contributed by atoms with E-state index in [1.807, 2.05) is 32.9 Å². The fraction of sp³-hybridized carbons (Fsp3) is 0.391. The van der Waals surface area contributed by atoms with Gasteiger partial charge in [0.1, 0.15) is 17.6 Å². The molecule has 0 heterocycles. The maximum atomic E-state index is 13.3. The van der Waals surface area contributed by atoms with E-state index in [-0.39, 0.29) is 30.8 Å². The minimum atomic E-state index is -0.644. The SMILES string of the molecule is CC[C@H](C(=O)NCC(C)C)N(Cc1ccc(F)cc1)C(=O)COc1ccc(Br)cc1. The molecule has 5 nitrogen and oxygen atoms in total. The van der Waals surface area contributed by atoms with Crippen LogP contribution in [-0.2, 0) is 16.1 Å². The molecule has 7 heteroatoms. The molecule has 0 aliphatic carbocycles. The number of nitrogens with zero attached hydrogens (tertiary/aromatic N) is 1. The number of rotatable bonds is 10. The van der Waals surface area contributed by atoms with Crippen molar-refractivity contribution >= 4 is 27.7 Å². The summed E-state index contributed by atoms with van der Waals surface area (Å²) in [6.07, 6.45) is 0.454. The summed E-state index contributed by atoms with van der Waals surface area (Å²) in [6, 6.07) is 12.4. The van der Waals surface area contributed by atoms with Gasteiger partial charge in [-0.1, -0.05) is 48.8 Å². The van der Waals surface area contributed by atoms with Crippen LogP contribution in [0.2, 0.25) is 0 Å². The molecule has 0 aromatic heterocycles. The van der Waals surface area contributed by atoms with Crippen LogP contribution in [0.5, 0.6) is 5.75 Å². The molecule has 0 unspecified atom stereocenters. The largest absolute Gasteiger partial charge is 0.484 e. The summed E-state index contributed by atoms with van der Waals surface area (Å²) in [4.78, 5) is 27.3. The van der Waals surface area contributed by atoms with E-state index in [0.29, 0.717) is 24.6 Å². The number of amides is 2. The molecule has 2 rings (SSSR count). The Bertz CT molecular complexity index is 825. The van der Waals surface area contributed by atoms with E-state index in [0.717, 1.165) is 10.0 Å². The van der Waals surface area contributed by atoms with Crippen LogP contribution in [0.25, 0.3) is 0 Å². The molecule has 0 bridgehead atoms. The first kappa shape index (κ1) is 23.9. The van der Waals surface area contributed by atoms with Gasteiger partial charge in [0, 0.05) is 17.6 Å². The van der Waals surface area contributed by atoms with Crippen molar-refractivity contribution in [2.24, 2.45) is 5.92 Å². The second-order valence-electron chi connectivity index (χ2n) is 7.45. The summed E-state index contributed by atoms with van der Waals surface area (Å²) >= 11 is 3.36. The van der Waals surface area contributed by atoms with Gasteiger partial charge in [0.05, 0.1) is 0 Å². The van der Waals surface area contributed by atoms with Crippen LogP contribution in [0.3, 0.4) is 0 Å². The molecule has 0 fully saturated rings. The number of ether oxygens (including phenoxy) is 1. The first-order chi connectivity index (χ1) is 14.3. The fourth-order valence-corrected chi connectivity index (χ4v) is 3.15. The summed E-state index contributed by atoms with van der Waals surface area (Å²) in [7, 11) is 0. The Labute approximate surface area is 185 Å². The molecule has 0 aliphatic rings. The number of carbonyl (C=O) groups is 2. The van der Waals surface area contributed by atoms with Gasteiger partial charge in [-0.05, 0) is 54.3 Å². The lowest BCUT2D eigenvalue weighted by Crippen LogP contribution is -2.50. The van der Waals surface area contributed by atoms with E-state index >= 15 is 0 Å². The molecule has 1 N–H and O–H groups in total. The maximum Gasteiger partial charge on any atom is 0.261 e. The molecule has 0 saturated carbocycles. The molecule has 2 amide bonds. The van der Waals surface area contributed by atoms with Crippen molar-refractivity contribution < 1.29 is 18.7 Å². The Kier molecular flexibility index (Phi) is 9.30. The van der Waals surface area contributed by atoms with Crippen LogP contribution < -0.4 is 10.1 Å². The van der Waals surface area contributed by atoms with Gasteiger partial charge in [-0.3, -0.25) is 9.59 Å². The molecule has 0 aliphatic heterocycles. The van der Waals surface area contributed by atoms with E-state index in [1.165, 1.54) is 17.0 Å². The number of halogens is 2. The maximum absolute atomic E-state index is 13.3. The van der Waals surface area contributed by atoms with Crippen LogP contribution in [0.15, 0.2) is 53.0 Å². The summed E-state index contributed by atoms with van der Waals surface area (Å²) in [5.41, 5.74) is 0.739. The molecule has 2 aromatic rings. The highest BCUT2D eigenvalue weighted by atomic mass is 79.9. The number of carbonyl (C=O) groups excluding carboxylic acids is 2. The van der Waals surface area contributed by atoms with E-state index in [1.54, 1.807) is 24.3 Å². The first-order valence-electron chi connectivity index (χ1n) is 10.00. The molecule has 1 atom stereocenters. The summed E-state index contributed by atoms with van der Waals surface area (Å²) in [6.45, 7) is 6.40. The predicted octanol–water partition coefficient (Wildman–Crippen LogP) is 4.55. The second-order valence-corrected chi connectivity index (χ2v) is 8.37. The number of hydrogen-bond donors (Lipinski definition) is 1. The van der Waals surface area contributed by atoms with Gasteiger partial charge in [-0.2, -0.15) is 0 Å². The van der Waals surface area contributed by atoms with E-state index < -0.39 is 6.04 Å². The summed E-state index contributed by atoms with van der Waals surface area (Å²) < 4.78 is 19.8. The standard InChI is InChI=1S/C23H28BrFN2O3/c1-4-21(23(29)26-13-16(2)3)27(14-17-5-9-19(25)10-6-17)22(28)15-30-20-11-7-18(24)8-12-20/h5-12,16,21H,4,13-15H2,1-3H3,(H,26,29)/t21-/m1/s1. The third-order valence-corrected chi connectivity index (χ3v) is 5.04. The molecule has 2 aromatic carbocycles. The monoisotopic (exact) mass is 478 g/mol. The molecule has 0 radical (unpaired) electrons. The first-order valence-corrected chi connectivity index (χ1v) is 10.8. The predicted molar refractivity (Wildman–Crippen MR) is 119 cm³/mol. The van der Waals surface area contributed by atoms with E-state index in [2.05, 4.69) is 21.2 Å². The van der Waals surface area contributed by atoms with Gasteiger partial charge in [0.2, 0.25) is 5.91 Å². The van der Waals surface area contributed by atoms with Crippen molar-refractivity contribution in [3.63, 3.8) is 0 Å². The van der Waals surface area contributed by atoms with Crippen molar-refractivity contribution in [1.82, 2.24) is 10.2 Å². The Morgan fingerprint density at radius 1 is 1.10 bits per heavy atom. The van der Waals surface area contributed by atoms with Crippen molar-refractivity contribution in [3.8, 4) is 5.75 Å². The van der Waals surface area contributed by atoms with Crippen molar-refractivity contribution in [1.29, 1.82) is 0 Å². The smallest absolute Gasteiger partial charge is 0.261 e. The van der Waals surface area contributed by atoms with Gasteiger partial charge in [0.15, 0.2) is 6.61 Å². The van der Waals surface area contributed by atoms with Crippen LogP contribution in [0.1, 0.15) is 32.8 Å². The minimum Gasteiger partial charge on any atom is -0.484 e. The molecule has 30 heavy (non-hydrogen) atoms. The third-order valence-electron chi connectivity index (χ3n) is 4.51. The average Bonchev–Trinajstić information content (AvgIpc) is 2.72. The van der Waals surface area contributed by atoms with Crippen molar-refractivity contribution in [2.75, 3.05) is 13.2 Å². The number of hydrogen-bond acceptors (Lipinski definition) is 3. The van der Waals surface area contributed by atoms with Crippen LogP contribution in [0, 0.1) is 11.7 Å². The van der Waals surface area contributed by atoms with Crippen LogP contribution in [0.4, 0.5) is 4.39 Å². The average molecular weight is 479 g/mol. The van der Waals surface area contributed by atoms with Crippen molar-refractivity contribution in [2.45, 2.75) is 39.8 Å². The van der Waals surface area contributed by atoms with E-state index in [4.69, 9.17) is 4.74 Å². The van der Waals surface area contributed by atoms with E-state index in [9.17, 15) is 14.0 Å². The second kappa shape index (κ2) is 11.7. The van der Waals surface area contributed by atoms with Gasteiger partial charge in [0.25, 0.3) is 5.91 Å². The lowest BCUT2D eigenvalue weighted by Gasteiger charge is -2.30. The van der Waals surface area contributed by atoms with Gasteiger partial charge >= 0.3 is 0 Å². The van der Waals surface area contributed by atoms with Gasteiger partial charge in [-0.15, -0.1) is 0 Å². The molecule has 0 spiro atoms. The molecular weight excluding hydrogens is 451 g/mol. The topological polar surface area (TPSA) is 58.6 Å². The Balaban J connectivity index is 2.17.